The van der Waals surface area contributed by atoms with E-state index < -0.39 is 0 Å². The van der Waals surface area contributed by atoms with Gasteiger partial charge in [0, 0.05) is 23.8 Å². The van der Waals surface area contributed by atoms with Crippen LogP contribution in [0.4, 0.5) is 5.69 Å². The van der Waals surface area contributed by atoms with Crippen molar-refractivity contribution >= 4 is 28.6 Å². The largest absolute Gasteiger partial charge is 0.369 e. The molecule has 1 aliphatic heterocycles. The summed E-state index contributed by atoms with van der Waals surface area (Å²) in [6.07, 6.45) is 2.82. The topological polar surface area (TPSA) is 44.7 Å². The van der Waals surface area contributed by atoms with Crippen molar-refractivity contribution in [2.45, 2.75) is 38.6 Å². The quantitative estimate of drug-likeness (QED) is 0.489. The van der Waals surface area contributed by atoms with Crippen LogP contribution in [0.15, 0.2) is 65.8 Å². The van der Waals surface area contributed by atoms with Crippen LogP contribution in [0.3, 0.4) is 0 Å². The fourth-order valence-electron chi connectivity index (χ4n) is 4.32. The summed E-state index contributed by atoms with van der Waals surface area (Å²) >= 11 is 0. The highest BCUT2D eigenvalue weighted by atomic mass is 16.2. The highest BCUT2D eigenvalue weighted by molar-refractivity contribution is 6.07. The van der Waals surface area contributed by atoms with Gasteiger partial charge in [0.2, 0.25) is 0 Å². The van der Waals surface area contributed by atoms with Crippen LogP contribution in [0.5, 0.6) is 0 Å². The van der Waals surface area contributed by atoms with E-state index in [2.05, 4.69) is 61.4 Å². The number of nitrogens with one attached hydrogen (secondary N) is 1. The van der Waals surface area contributed by atoms with Crippen molar-refractivity contribution < 1.29 is 4.79 Å². The minimum Gasteiger partial charge on any atom is -0.369 e. The Morgan fingerprint density at radius 2 is 1.90 bits per heavy atom. The van der Waals surface area contributed by atoms with Gasteiger partial charge in [-0.3, -0.25) is 4.79 Å². The molecule has 4 nitrogen and oxygen atoms in total. The van der Waals surface area contributed by atoms with Gasteiger partial charge in [0.1, 0.15) is 0 Å². The second-order valence-electron chi connectivity index (χ2n) is 8.52. The maximum absolute atomic E-state index is 12.6. The normalized spacial score (nSPS) is 18.1. The summed E-state index contributed by atoms with van der Waals surface area (Å²) in [5.74, 6) is 0.278. The standard InChI is InChI=1S/C25H27N3O/c1-17-15-25(2,3)28(4)23-13-12-18(14-22(17)23)16-26-27-24(29)21-11-7-9-19-8-5-6-10-20(19)21/h5-14,16-17H,15H2,1-4H3,(H,27,29)/b26-16-. The Morgan fingerprint density at radius 3 is 2.72 bits per heavy atom. The van der Waals surface area contributed by atoms with Gasteiger partial charge in [-0.25, -0.2) is 5.43 Å². The number of nitrogens with zero attached hydrogens (tertiary/aromatic N) is 2. The molecule has 1 unspecified atom stereocenters. The van der Waals surface area contributed by atoms with Gasteiger partial charge in [0.25, 0.3) is 5.91 Å². The van der Waals surface area contributed by atoms with Crippen molar-refractivity contribution in [3.05, 3.63) is 77.4 Å². The summed E-state index contributed by atoms with van der Waals surface area (Å²) in [6, 6.07) is 20.0. The van der Waals surface area contributed by atoms with Crippen LogP contribution >= 0.6 is 0 Å². The molecule has 0 saturated carbocycles. The molecule has 0 aliphatic carbocycles. The summed E-state index contributed by atoms with van der Waals surface area (Å²) in [5.41, 5.74) is 7.03. The van der Waals surface area contributed by atoms with E-state index in [1.165, 1.54) is 11.3 Å². The van der Waals surface area contributed by atoms with Crippen LogP contribution in [-0.4, -0.2) is 24.7 Å². The first kappa shape index (κ1) is 19.2. The van der Waals surface area contributed by atoms with Crippen LogP contribution in [0, 0.1) is 0 Å². The molecule has 0 saturated heterocycles. The van der Waals surface area contributed by atoms with E-state index in [1.807, 2.05) is 42.5 Å². The SMILES string of the molecule is CC1CC(C)(C)N(C)c2ccc(/C=N\NC(=O)c3cccc4ccccc34)cc21. The molecule has 0 spiro atoms. The zero-order valence-corrected chi connectivity index (χ0v) is 17.4. The first-order valence-electron chi connectivity index (χ1n) is 10.1. The number of carbonyl (C=O) groups excluding carboxylic acids is 1. The van der Waals surface area contributed by atoms with Gasteiger partial charge in [-0.2, -0.15) is 5.10 Å². The first-order chi connectivity index (χ1) is 13.9. The summed E-state index contributed by atoms with van der Waals surface area (Å²) in [7, 11) is 2.16. The van der Waals surface area contributed by atoms with E-state index in [9.17, 15) is 4.79 Å². The molecule has 3 aromatic carbocycles. The van der Waals surface area contributed by atoms with Crippen molar-refractivity contribution in [1.82, 2.24) is 5.43 Å². The predicted molar refractivity (Wildman–Crippen MR) is 121 cm³/mol. The van der Waals surface area contributed by atoms with E-state index >= 15 is 0 Å². The third-order valence-corrected chi connectivity index (χ3v) is 6.07. The number of hydrazone groups is 1. The monoisotopic (exact) mass is 385 g/mol. The average Bonchev–Trinajstić information content (AvgIpc) is 2.71. The fraction of sp³-hybridized carbons (Fsp3) is 0.280. The molecular weight excluding hydrogens is 358 g/mol. The van der Waals surface area contributed by atoms with E-state index in [0.717, 1.165) is 22.8 Å². The lowest BCUT2D eigenvalue weighted by Gasteiger charge is -2.45. The Kier molecular flexibility index (Phi) is 4.87. The molecule has 29 heavy (non-hydrogen) atoms. The number of carbonyl (C=O) groups is 1. The lowest BCUT2D eigenvalue weighted by molar-refractivity contribution is 0.0957. The van der Waals surface area contributed by atoms with Crippen molar-refractivity contribution in [3.63, 3.8) is 0 Å². The Bertz CT molecular complexity index is 1090. The van der Waals surface area contributed by atoms with Crippen LogP contribution < -0.4 is 10.3 Å². The van der Waals surface area contributed by atoms with E-state index in [1.54, 1.807) is 6.21 Å². The Balaban J connectivity index is 1.53. The molecule has 1 atom stereocenters. The van der Waals surface area contributed by atoms with Gasteiger partial charge in [-0.1, -0.05) is 49.4 Å². The fourth-order valence-corrected chi connectivity index (χ4v) is 4.32. The third-order valence-electron chi connectivity index (χ3n) is 6.07. The van der Waals surface area contributed by atoms with Gasteiger partial charge in [0.05, 0.1) is 6.21 Å². The summed E-state index contributed by atoms with van der Waals surface area (Å²) in [6.45, 7) is 6.84. The number of anilines is 1. The molecule has 1 aliphatic rings. The maximum Gasteiger partial charge on any atom is 0.271 e. The molecule has 3 aromatic rings. The van der Waals surface area contributed by atoms with Gasteiger partial charge >= 0.3 is 0 Å². The number of rotatable bonds is 3. The molecule has 1 N–H and O–H groups in total. The molecule has 0 radical (unpaired) electrons. The predicted octanol–water partition coefficient (Wildman–Crippen LogP) is 5.33. The number of hydrogen-bond donors (Lipinski definition) is 1. The van der Waals surface area contributed by atoms with Crippen LogP contribution in [0.1, 0.15) is 54.6 Å². The van der Waals surface area contributed by atoms with Crippen LogP contribution in [-0.2, 0) is 0 Å². The van der Waals surface area contributed by atoms with Gasteiger partial charge in [-0.05, 0) is 66.3 Å². The number of benzene rings is 3. The van der Waals surface area contributed by atoms with Crippen molar-refractivity contribution in [2.24, 2.45) is 5.10 Å². The third kappa shape index (κ3) is 3.63. The molecular formula is C25H27N3O. The Morgan fingerprint density at radius 1 is 1.14 bits per heavy atom. The molecule has 4 rings (SSSR count). The first-order valence-corrected chi connectivity index (χ1v) is 10.1. The average molecular weight is 386 g/mol. The minimum atomic E-state index is -0.203. The summed E-state index contributed by atoms with van der Waals surface area (Å²) in [5, 5.41) is 6.18. The zero-order valence-electron chi connectivity index (χ0n) is 17.4. The summed E-state index contributed by atoms with van der Waals surface area (Å²) < 4.78 is 0. The minimum absolute atomic E-state index is 0.147. The second kappa shape index (κ2) is 7.36. The molecule has 0 bridgehead atoms. The Hall–Kier alpha value is -3.14. The number of amides is 1. The van der Waals surface area contributed by atoms with E-state index in [4.69, 9.17) is 0 Å². The van der Waals surface area contributed by atoms with Crippen molar-refractivity contribution in [3.8, 4) is 0 Å². The van der Waals surface area contributed by atoms with Crippen molar-refractivity contribution in [1.29, 1.82) is 0 Å². The van der Waals surface area contributed by atoms with Gasteiger partial charge < -0.3 is 4.90 Å². The highest BCUT2D eigenvalue weighted by Gasteiger charge is 2.33. The molecule has 148 valence electrons. The molecule has 1 amide bonds. The summed E-state index contributed by atoms with van der Waals surface area (Å²) in [4.78, 5) is 15.0. The zero-order chi connectivity index (χ0) is 20.6. The molecule has 4 heteroatoms. The van der Waals surface area contributed by atoms with E-state index in [0.29, 0.717) is 11.5 Å². The second-order valence-corrected chi connectivity index (χ2v) is 8.52. The number of hydrogen-bond acceptors (Lipinski definition) is 3. The Labute approximate surface area is 172 Å². The molecule has 0 aromatic heterocycles. The smallest absolute Gasteiger partial charge is 0.271 e. The maximum atomic E-state index is 12.6. The van der Waals surface area contributed by atoms with Crippen LogP contribution in [0.25, 0.3) is 10.8 Å². The van der Waals surface area contributed by atoms with Crippen LogP contribution in [0.2, 0.25) is 0 Å². The lowest BCUT2D eigenvalue weighted by atomic mass is 9.80. The van der Waals surface area contributed by atoms with Crippen molar-refractivity contribution in [2.75, 3.05) is 11.9 Å². The molecule has 1 heterocycles. The number of fused-ring (bicyclic) bond motifs is 2. The molecule has 0 fully saturated rings. The lowest BCUT2D eigenvalue weighted by Crippen LogP contribution is -2.45. The van der Waals surface area contributed by atoms with E-state index in [-0.39, 0.29) is 11.4 Å². The van der Waals surface area contributed by atoms with Gasteiger partial charge in [-0.15, -0.1) is 0 Å². The highest BCUT2D eigenvalue weighted by Crippen LogP contribution is 2.42. The van der Waals surface area contributed by atoms with Gasteiger partial charge in [0.15, 0.2) is 0 Å².